The van der Waals surface area contributed by atoms with Crippen molar-refractivity contribution in [1.82, 2.24) is 24.7 Å². The molecule has 1 aromatic carbocycles. The maximum Gasteiger partial charge on any atom is 0.252 e. The third kappa shape index (κ3) is 4.80. The van der Waals surface area contributed by atoms with Crippen LogP contribution in [0.2, 0.25) is 0 Å². The lowest BCUT2D eigenvalue weighted by atomic mass is 9.87. The van der Waals surface area contributed by atoms with Crippen molar-refractivity contribution < 1.29 is 9.53 Å². The predicted octanol–water partition coefficient (Wildman–Crippen LogP) is 4.71. The normalized spacial score (nSPS) is 14.2. The Bertz CT molecular complexity index is 1340. The summed E-state index contributed by atoms with van der Waals surface area (Å²) in [7, 11) is 1.54. The van der Waals surface area contributed by atoms with E-state index < -0.39 is 5.91 Å². The number of para-hydroxylation sites is 1. The molecule has 3 aromatic heterocycles. The van der Waals surface area contributed by atoms with Crippen molar-refractivity contribution in [2.75, 3.05) is 12.4 Å². The fourth-order valence-corrected chi connectivity index (χ4v) is 4.79. The van der Waals surface area contributed by atoms with E-state index >= 15 is 0 Å². The largest absolute Gasteiger partial charge is 0.491 e. The van der Waals surface area contributed by atoms with Crippen LogP contribution in [-0.4, -0.2) is 37.7 Å². The SMILES string of the molecule is COc1cnc(-c2nn(CCC3CCCCC3)c3ccccc23)nc1Nc1ccncc1C(N)=O. The number of primary amides is 1. The molecule has 1 amide bonds. The highest BCUT2D eigenvalue weighted by molar-refractivity contribution is 5.99. The molecule has 5 rings (SSSR count). The third-order valence-electron chi connectivity index (χ3n) is 6.66. The second kappa shape index (κ2) is 10.1. The number of aromatic nitrogens is 5. The number of nitrogens with two attached hydrogens (primary N) is 1. The molecule has 0 spiro atoms. The van der Waals surface area contributed by atoms with Crippen molar-refractivity contribution in [3.8, 4) is 17.3 Å². The Morgan fingerprint density at radius 2 is 2.00 bits per heavy atom. The van der Waals surface area contributed by atoms with E-state index in [0.717, 1.165) is 29.8 Å². The summed E-state index contributed by atoms with van der Waals surface area (Å²) in [5.41, 5.74) is 8.03. The molecule has 1 aliphatic rings. The van der Waals surface area contributed by atoms with Gasteiger partial charge in [-0.2, -0.15) is 5.10 Å². The standard InChI is InChI=1S/C26H29N7O2/c1-35-22-16-29-26(31-25(22)30-20-11-13-28-15-19(20)24(27)34)23-18-9-5-6-10-21(18)33(32-23)14-12-17-7-3-2-4-8-17/h5-6,9-11,13,15-17H,2-4,7-8,12,14H2,1H3,(H2,27,34)(H,28,29,30,31). The van der Waals surface area contributed by atoms with Gasteiger partial charge in [0, 0.05) is 24.3 Å². The van der Waals surface area contributed by atoms with E-state index in [-0.39, 0.29) is 5.56 Å². The topological polar surface area (TPSA) is 121 Å². The van der Waals surface area contributed by atoms with Crippen LogP contribution < -0.4 is 15.8 Å². The second-order valence-corrected chi connectivity index (χ2v) is 8.90. The van der Waals surface area contributed by atoms with Gasteiger partial charge < -0.3 is 15.8 Å². The quantitative estimate of drug-likeness (QED) is 0.382. The molecule has 0 atom stereocenters. The number of methoxy groups -OCH3 is 1. The van der Waals surface area contributed by atoms with Gasteiger partial charge in [-0.25, -0.2) is 9.97 Å². The highest BCUT2D eigenvalue weighted by Gasteiger charge is 2.19. The summed E-state index contributed by atoms with van der Waals surface area (Å²) < 4.78 is 7.54. The van der Waals surface area contributed by atoms with Crippen molar-refractivity contribution in [3.63, 3.8) is 0 Å². The van der Waals surface area contributed by atoms with Gasteiger partial charge in [0.1, 0.15) is 5.69 Å². The van der Waals surface area contributed by atoms with E-state index in [0.29, 0.717) is 28.8 Å². The summed E-state index contributed by atoms with van der Waals surface area (Å²) in [6.45, 7) is 0.866. The van der Waals surface area contributed by atoms with Crippen LogP contribution in [0.3, 0.4) is 0 Å². The number of amides is 1. The number of benzene rings is 1. The van der Waals surface area contributed by atoms with Crippen molar-refractivity contribution in [2.24, 2.45) is 11.7 Å². The van der Waals surface area contributed by atoms with Crippen LogP contribution in [0.15, 0.2) is 48.9 Å². The van der Waals surface area contributed by atoms with Crippen molar-refractivity contribution in [2.45, 2.75) is 45.1 Å². The molecular formula is C26H29N7O2. The first-order valence-corrected chi connectivity index (χ1v) is 12.0. The number of nitrogens with one attached hydrogen (secondary N) is 1. The molecule has 0 radical (unpaired) electrons. The molecule has 0 aliphatic heterocycles. The maximum absolute atomic E-state index is 11.8. The molecule has 3 heterocycles. The first-order chi connectivity index (χ1) is 17.1. The Hall–Kier alpha value is -4.01. The summed E-state index contributed by atoms with van der Waals surface area (Å²) >= 11 is 0. The van der Waals surface area contributed by atoms with Gasteiger partial charge in [-0.1, -0.05) is 50.3 Å². The fraction of sp³-hybridized carbons (Fsp3) is 0.346. The van der Waals surface area contributed by atoms with Gasteiger partial charge in [-0.15, -0.1) is 0 Å². The summed E-state index contributed by atoms with van der Waals surface area (Å²) in [4.78, 5) is 25.1. The molecule has 35 heavy (non-hydrogen) atoms. The van der Waals surface area contributed by atoms with Crippen LogP contribution in [0.4, 0.5) is 11.5 Å². The Labute approximate surface area is 203 Å². The second-order valence-electron chi connectivity index (χ2n) is 8.90. The van der Waals surface area contributed by atoms with Crippen LogP contribution in [0, 0.1) is 5.92 Å². The first kappa shape index (κ1) is 22.8. The molecule has 180 valence electrons. The van der Waals surface area contributed by atoms with Crippen LogP contribution in [0.5, 0.6) is 5.75 Å². The van der Waals surface area contributed by atoms with E-state index in [4.69, 9.17) is 20.6 Å². The van der Waals surface area contributed by atoms with E-state index in [2.05, 4.69) is 26.0 Å². The van der Waals surface area contributed by atoms with Gasteiger partial charge in [0.2, 0.25) is 0 Å². The van der Waals surface area contributed by atoms with Gasteiger partial charge >= 0.3 is 0 Å². The first-order valence-electron chi connectivity index (χ1n) is 12.0. The molecule has 1 fully saturated rings. The predicted molar refractivity (Wildman–Crippen MR) is 135 cm³/mol. The lowest BCUT2D eigenvalue weighted by Gasteiger charge is -2.21. The molecule has 4 aromatic rings. The van der Waals surface area contributed by atoms with Crippen molar-refractivity contribution in [1.29, 1.82) is 0 Å². The Morgan fingerprint density at radius 1 is 1.17 bits per heavy atom. The van der Waals surface area contributed by atoms with E-state index in [1.807, 2.05) is 18.2 Å². The van der Waals surface area contributed by atoms with Gasteiger partial charge in [0.25, 0.3) is 5.91 Å². The number of carbonyl (C=O) groups excluding carboxylic acids is 1. The van der Waals surface area contributed by atoms with Crippen LogP contribution >= 0.6 is 0 Å². The fourth-order valence-electron chi connectivity index (χ4n) is 4.79. The van der Waals surface area contributed by atoms with Crippen LogP contribution in [0.25, 0.3) is 22.4 Å². The Kier molecular flexibility index (Phi) is 6.56. The minimum Gasteiger partial charge on any atom is -0.491 e. The lowest BCUT2D eigenvalue weighted by Crippen LogP contribution is -2.14. The monoisotopic (exact) mass is 471 g/mol. The molecule has 0 saturated heterocycles. The Balaban J connectivity index is 1.50. The third-order valence-corrected chi connectivity index (χ3v) is 6.66. The number of aryl methyl sites for hydroxylation is 1. The lowest BCUT2D eigenvalue weighted by molar-refractivity contribution is 0.100. The van der Waals surface area contributed by atoms with E-state index in [9.17, 15) is 4.79 Å². The zero-order valence-electron chi connectivity index (χ0n) is 19.8. The number of hydrogen-bond acceptors (Lipinski definition) is 7. The number of pyridine rings is 1. The van der Waals surface area contributed by atoms with E-state index in [1.165, 1.54) is 38.3 Å². The highest BCUT2D eigenvalue weighted by Crippen LogP contribution is 2.32. The van der Waals surface area contributed by atoms with Gasteiger partial charge in [0.15, 0.2) is 17.4 Å². The summed E-state index contributed by atoms with van der Waals surface area (Å²) in [5.74, 6) is 1.49. The average molecular weight is 472 g/mol. The number of carbonyl (C=O) groups is 1. The zero-order valence-corrected chi connectivity index (χ0v) is 19.8. The number of rotatable bonds is 8. The average Bonchev–Trinajstić information content (AvgIpc) is 3.27. The van der Waals surface area contributed by atoms with E-state index in [1.54, 1.807) is 25.6 Å². The van der Waals surface area contributed by atoms with Crippen molar-refractivity contribution in [3.05, 3.63) is 54.5 Å². The molecule has 0 unspecified atom stereocenters. The van der Waals surface area contributed by atoms with Crippen LogP contribution in [0.1, 0.15) is 48.9 Å². The highest BCUT2D eigenvalue weighted by atomic mass is 16.5. The number of anilines is 2. The molecule has 1 saturated carbocycles. The molecule has 9 nitrogen and oxygen atoms in total. The Morgan fingerprint density at radius 3 is 2.80 bits per heavy atom. The minimum atomic E-state index is -0.587. The smallest absolute Gasteiger partial charge is 0.252 e. The molecule has 3 N–H and O–H groups in total. The zero-order chi connectivity index (χ0) is 24.2. The molecule has 1 aliphatic carbocycles. The summed E-state index contributed by atoms with van der Waals surface area (Å²) in [6, 6.07) is 9.82. The van der Waals surface area contributed by atoms with Gasteiger partial charge in [-0.05, 0) is 24.5 Å². The minimum absolute atomic E-state index is 0.257. The molecule has 9 heteroatoms. The molecular weight excluding hydrogens is 442 g/mol. The summed E-state index contributed by atoms with van der Waals surface area (Å²) in [6.07, 6.45) is 12.4. The number of nitrogens with zero attached hydrogens (tertiary/aromatic N) is 5. The molecule has 0 bridgehead atoms. The van der Waals surface area contributed by atoms with Crippen LogP contribution in [-0.2, 0) is 6.54 Å². The number of fused-ring (bicyclic) bond motifs is 1. The maximum atomic E-state index is 11.8. The number of ether oxygens (including phenoxy) is 1. The van der Waals surface area contributed by atoms with Crippen molar-refractivity contribution >= 4 is 28.3 Å². The number of hydrogen-bond donors (Lipinski definition) is 2. The summed E-state index contributed by atoms with van der Waals surface area (Å²) in [5, 5.41) is 9.08. The van der Waals surface area contributed by atoms with Gasteiger partial charge in [0.05, 0.1) is 30.1 Å². The van der Waals surface area contributed by atoms with Gasteiger partial charge in [-0.3, -0.25) is 14.5 Å².